The number of aromatic nitrogens is 1. The molecule has 1 heterocycles. The third kappa shape index (κ3) is 2.39. The molecule has 0 radical (unpaired) electrons. The zero-order chi connectivity index (χ0) is 13.5. The second-order valence-corrected chi connectivity index (χ2v) is 7.27. The first kappa shape index (κ1) is 13.3. The van der Waals surface area contributed by atoms with Crippen LogP contribution >= 0.6 is 22.9 Å². The van der Waals surface area contributed by atoms with Crippen molar-refractivity contribution >= 4 is 33.2 Å². The summed E-state index contributed by atoms with van der Waals surface area (Å²) in [4.78, 5) is 4.83. The van der Waals surface area contributed by atoms with E-state index in [4.69, 9.17) is 22.3 Å². The lowest BCUT2D eigenvalue weighted by molar-refractivity contribution is 0.247. The van der Waals surface area contributed by atoms with Gasteiger partial charge in [-0.2, -0.15) is 0 Å². The van der Waals surface area contributed by atoms with Gasteiger partial charge in [0.25, 0.3) is 0 Å². The number of hydrogen-bond acceptors (Lipinski definition) is 3. The van der Waals surface area contributed by atoms with E-state index in [0.717, 1.165) is 29.3 Å². The zero-order valence-corrected chi connectivity index (χ0v) is 12.7. The van der Waals surface area contributed by atoms with Gasteiger partial charge in [0.15, 0.2) is 0 Å². The Hall–Kier alpha value is -0.640. The average Bonchev–Trinajstić information content (AvgIpc) is 2.83. The lowest BCUT2D eigenvalue weighted by atomic mass is 9.71. The molecule has 2 aromatic rings. The number of benzene rings is 1. The highest BCUT2D eigenvalue weighted by atomic mass is 35.5. The standard InChI is InChI=1S/C15H19ClN2S/c1-10-4-6-15(9-17,7-5-10)14-18-12-3-2-11(16)8-13(12)19-14/h2-3,8,10H,4-7,9,17H2,1H3. The molecule has 0 amide bonds. The number of nitrogens with zero attached hydrogens (tertiary/aromatic N) is 1. The molecule has 0 saturated heterocycles. The Morgan fingerprint density at radius 1 is 1.42 bits per heavy atom. The molecule has 0 aliphatic heterocycles. The van der Waals surface area contributed by atoms with Gasteiger partial charge in [0.05, 0.1) is 10.2 Å². The molecule has 0 spiro atoms. The van der Waals surface area contributed by atoms with Crippen molar-refractivity contribution in [3.8, 4) is 0 Å². The highest BCUT2D eigenvalue weighted by Crippen LogP contribution is 2.43. The number of hydrogen-bond donors (Lipinski definition) is 1. The summed E-state index contributed by atoms with van der Waals surface area (Å²) in [5.41, 5.74) is 7.26. The molecule has 19 heavy (non-hydrogen) atoms. The van der Waals surface area contributed by atoms with Crippen molar-refractivity contribution in [3.05, 3.63) is 28.2 Å². The average molecular weight is 295 g/mol. The van der Waals surface area contributed by atoms with Crippen molar-refractivity contribution < 1.29 is 0 Å². The van der Waals surface area contributed by atoms with Gasteiger partial charge in [0.1, 0.15) is 5.01 Å². The van der Waals surface area contributed by atoms with E-state index < -0.39 is 0 Å². The second kappa shape index (κ2) is 5.04. The summed E-state index contributed by atoms with van der Waals surface area (Å²) in [6.45, 7) is 3.03. The van der Waals surface area contributed by atoms with Crippen molar-refractivity contribution in [1.82, 2.24) is 4.98 Å². The summed E-state index contributed by atoms with van der Waals surface area (Å²) < 4.78 is 1.17. The molecule has 0 unspecified atom stereocenters. The maximum absolute atomic E-state index is 6.11. The second-order valence-electron chi connectivity index (χ2n) is 5.80. The Kier molecular flexibility index (Phi) is 3.54. The third-order valence-electron chi connectivity index (χ3n) is 4.43. The Balaban J connectivity index is 2.01. The van der Waals surface area contributed by atoms with E-state index >= 15 is 0 Å². The monoisotopic (exact) mass is 294 g/mol. The SMILES string of the molecule is CC1CCC(CN)(c2nc3ccc(Cl)cc3s2)CC1. The van der Waals surface area contributed by atoms with Gasteiger partial charge in [0.2, 0.25) is 0 Å². The van der Waals surface area contributed by atoms with Gasteiger partial charge in [-0.25, -0.2) is 4.98 Å². The van der Waals surface area contributed by atoms with E-state index in [2.05, 4.69) is 6.92 Å². The van der Waals surface area contributed by atoms with Crippen LogP contribution in [0.25, 0.3) is 10.2 Å². The summed E-state index contributed by atoms with van der Waals surface area (Å²) in [5, 5.41) is 1.99. The van der Waals surface area contributed by atoms with E-state index in [1.165, 1.54) is 22.5 Å². The molecule has 0 atom stereocenters. The minimum absolute atomic E-state index is 0.0999. The lowest BCUT2D eigenvalue weighted by Gasteiger charge is -2.36. The van der Waals surface area contributed by atoms with Crippen LogP contribution in [0.3, 0.4) is 0 Å². The minimum Gasteiger partial charge on any atom is -0.329 e. The maximum atomic E-state index is 6.11. The highest BCUT2D eigenvalue weighted by Gasteiger charge is 2.37. The Morgan fingerprint density at radius 3 is 2.84 bits per heavy atom. The number of nitrogens with two attached hydrogens (primary N) is 1. The molecule has 2 N–H and O–H groups in total. The summed E-state index contributed by atoms with van der Waals surface area (Å²) in [6, 6.07) is 5.92. The minimum atomic E-state index is 0.0999. The lowest BCUT2D eigenvalue weighted by Crippen LogP contribution is -2.38. The molecule has 2 nitrogen and oxygen atoms in total. The van der Waals surface area contributed by atoms with Crippen molar-refractivity contribution in [3.63, 3.8) is 0 Å². The zero-order valence-electron chi connectivity index (χ0n) is 11.2. The fraction of sp³-hybridized carbons (Fsp3) is 0.533. The molecular formula is C15H19ClN2S. The molecule has 1 aliphatic rings. The molecule has 1 aromatic carbocycles. The van der Waals surface area contributed by atoms with Crippen LogP contribution in [0, 0.1) is 5.92 Å². The van der Waals surface area contributed by atoms with Crippen LogP contribution in [0.4, 0.5) is 0 Å². The van der Waals surface area contributed by atoms with Crippen LogP contribution in [0.1, 0.15) is 37.6 Å². The quantitative estimate of drug-likeness (QED) is 0.894. The van der Waals surface area contributed by atoms with Crippen LogP contribution in [-0.4, -0.2) is 11.5 Å². The summed E-state index contributed by atoms with van der Waals surface area (Å²) in [5.74, 6) is 0.823. The number of halogens is 1. The van der Waals surface area contributed by atoms with E-state index in [9.17, 15) is 0 Å². The van der Waals surface area contributed by atoms with Crippen molar-refractivity contribution in [2.45, 2.75) is 38.0 Å². The van der Waals surface area contributed by atoms with Crippen LogP contribution in [-0.2, 0) is 5.41 Å². The van der Waals surface area contributed by atoms with Gasteiger partial charge < -0.3 is 5.73 Å². The predicted octanol–water partition coefficient (Wildman–Crippen LogP) is 4.36. The molecule has 102 valence electrons. The van der Waals surface area contributed by atoms with Gasteiger partial charge in [-0.3, -0.25) is 0 Å². The summed E-state index contributed by atoms with van der Waals surface area (Å²) in [7, 11) is 0. The third-order valence-corrected chi connectivity index (χ3v) is 5.93. The van der Waals surface area contributed by atoms with Gasteiger partial charge in [0, 0.05) is 17.0 Å². The van der Waals surface area contributed by atoms with Crippen LogP contribution in [0.2, 0.25) is 5.02 Å². The largest absolute Gasteiger partial charge is 0.329 e. The van der Waals surface area contributed by atoms with E-state index in [1.807, 2.05) is 18.2 Å². The van der Waals surface area contributed by atoms with Gasteiger partial charge in [-0.1, -0.05) is 18.5 Å². The summed E-state index contributed by atoms with van der Waals surface area (Å²) >= 11 is 7.82. The highest BCUT2D eigenvalue weighted by molar-refractivity contribution is 7.18. The summed E-state index contributed by atoms with van der Waals surface area (Å²) in [6.07, 6.45) is 4.85. The van der Waals surface area contributed by atoms with Gasteiger partial charge >= 0.3 is 0 Å². The van der Waals surface area contributed by atoms with Crippen molar-refractivity contribution in [1.29, 1.82) is 0 Å². The number of thiazole rings is 1. The molecule has 0 bridgehead atoms. The van der Waals surface area contributed by atoms with Crippen LogP contribution in [0.5, 0.6) is 0 Å². The first-order valence-corrected chi connectivity index (χ1v) is 8.09. The van der Waals surface area contributed by atoms with E-state index in [-0.39, 0.29) is 5.41 Å². The number of rotatable bonds is 2. The topological polar surface area (TPSA) is 38.9 Å². The van der Waals surface area contributed by atoms with E-state index in [0.29, 0.717) is 6.54 Å². The molecule has 1 fully saturated rings. The van der Waals surface area contributed by atoms with Crippen LogP contribution in [0.15, 0.2) is 18.2 Å². The Bertz CT molecular complexity index is 585. The molecule has 4 heteroatoms. The van der Waals surface area contributed by atoms with E-state index in [1.54, 1.807) is 11.3 Å². The molecule has 1 aromatic heterocycles. The van der Waals surface area contributed by atoms with Gasteiger partial charge in [-0.05, 0) is 49.8 Å². The normalized spacial score (nSPS) is 27.8. The molecule has 1 aliphatic carbocycles. The molecule has 3 rings (SSSR count). The smallest absolute Gasteiger partial charge is 0.101 e. The van der Waals surface area contributed by atoms with Crippen LogP contribution < -0.4 is 5.73 Å². The fourth-order valence-electron chi connectivity index (χ4n) is 2.95. The van der Waals surface area contributed by atoms with Crippen molar-refractivity contribution in [2.75, 3.05) is 6.54 Å². The first-order valence-electron chi connectivity index (χ1n) is 6.90. The fourth-order valence-corrected chi connectivity index (χ4v) is 4.44. The number of fused-ring (bicyclic) bond motifs is 1. The first-order chi connectivity index (χ1) is 9.13. The Morgan fingerprint density at radius 2 is 2.16 bits per heavy atom. The molecule has 1 saturated carbocycles. The Labute approximate surface area is 123 Å². The van der Waals surface area contributed by atoms with Crippen molar-refractivity contribution in [2.24, 2.45) is 11.7 Å². The maximum Gasteiger partial charge on any atom is 0.101 e. The van der Waals surface area contributed by atoms with Gasteiger partial charge in [-0.15, -0.1) is 11.3 Å². The predicted molar refractivity (Wildman–Crippen MR) is 83.0 cm³/mol. The molecular weight excluding hydrogens is 276 g/mol.